The SMILES string of the molecule is Cc1ccc2c(c1)[C@]13CCN=C1[C@@H](C(C)(C)C)[C@]1(C(=O)N(C(=O)OC(C)(C)C)c4ccccc41)[C@@H]3N2. The fourth-order valence-electron chi connectivity index (χ4n) is 7.58. The lowest BCUT2D eigenvalue weighted by Gasteiger charge is -2.42. The second-order valence-electron chi connectivity index (χ2n) is 12.9. The Kier molecular flexibility index (Phi) is 4.52. The Hall–Kier alpha value is -3.15. The van der Waals surface area contributed by atoms with Crippen molar-refractivity contribution >= 4 is 29.1 Å². The summed E-state index contributed by atoms with van der Waals surface area (Å²) in [6, 6.07) is 14.0. The van der Waals surface area contributed by atoms with Gasteiger partial charge >= 0.3 is 6.09 Å². The van der Waals surface area contributed by atoms with Gasteiger partial charge in [0, 0.05) is 23.9 Å². The van der Waals surface area contributed by atoms with Crippen molar-refractivity contribution in [1.82, 2.24) is 0 Å². The fraction of sp³-hybridized carbons (Fsp3) is 0.500. The lowest BCUT2D eigenvalue weighted by atomic mass is 9.61. The molecule has 0 saturated heterocycles. The predicted molar refractivity (Wildman–Crippen MR) is 142 cm³/mol. The molecule has 36 heavy (non-hydrogen) atoms. The molecule has 2 aromatic carbocycles. The third-order valence-electron chi connectivity index (χ3n) is 8.47. The Labute approximate surface area is 213 Å². The molecule has 6 nitrogen and oxygen atoms in total. The van der Waals surface area contributed by atoms with Gasteiger partial charge in [0.15, 0.2) is 0 Å². The van der Waals surface area contributed by atoms with Crippen LogP contribution >= 0.6 is 0 Å². The van der Waals surface area contributed by atoms with Crippen LogP contribution in [-0.4, -0.2) is 35.9 Å². The molecule has 0 radical (unpaired) electrons. The highest BCUT2D eigenvalue weighted by atomic mass is 16.6. The number of hydrogen-bond donors (Lipinski definition) is 1. The second kappa shape index (κ2) is 6.99. The van der Waals surface area contributed by atoms with Crippen LogP contribution in [0.5, 0.6) is 0 Å². The Bertz CT molecular complexity index is 1350. The highest BCUT2D eigenvalue weighted by Gasteiger charge is 2.78. The van der Waals surface area contributed by atoms with E-state index < -0.39 is 17.1 Å². The van der Waals surface area contributed by atoms with Crippen LogP contribution in [0.1, 0.15) is 64.7 Å². The molecule has 1 aliphatic carbocycles. The first-order valence-corrected chi connectivity index (χ1v) is 12.9. The van der Waals surface area contributed by atoms with Crippen molar-refractivity contribution in [1.29, 1.82) is 0 Å². The second-order valence-corrected chi connectivity index (χ2v) is 12.9. The van der Waals surface area contributed by atoms with Crippen molar-refractivity contribution in [3.05, 3.63) is 59.2 Å². The lowest BCUT2D eigenvalue weighted by molar-refractivity contribution is -0.125. The third-order valence-corrected chi connectivity index (χ3v) is 8.47. The maximum absolute atomic E-state index is 14.9. The quantitative estimate of drug-likeness (QED) is 0.514. The topological polar surface area (TPSA) is 71.0 Å². The van der Waals surface area contributed by atoms with E-state index in [1.165, 1.54) is 16.0 Å². The van der Waals surface area contributed by atoms with Gasteiger partial charge in [0.05, 0.1) is 17.1 Å². The van der Waals surface area contributed by atoms with E-state index in [0.717, 1.165) is 29.9 Å². The Morgan fingerprint density at radius 1 is 1.08 bits per heavy atom. The number of benzene rings is 2. The highest BCUT2D eigenvalue weighted by molar-refractivity contribution is 6.26. The standard InChI is InChI=1S/C30H35N3O3/c1-17-12-13-20-19(16-17)29-14-15-31-23(29)22(27(2,3)4)30(24(29)32-20)18-10-8-9-11-21(18)33(25(30)34)26(35)36-28(5,6)7/h8-13,16,22,24,32H,14-15H2,1-7H3/t22-,24+,29+,30-/m0/s1. The largest absolute Gasteiger partial charge is 0.443 e. The van der Waals surface area contributed by atoms with Crippen LogP contribution in [0.3, 0.4) is 0 Å². The summed E-state index contributed by atoms with van der Waals surface area (Å²) >= 11 is 0. The maximum Gasteiger partial charge on any atom is 0.421 e. The Morgan fingerprint density at radius 2 is 1.81 bits per heavy atom. The molecule has 6 rings (SSSR count). The molecular formula is C30H35N3O3. The first-order chi connectivity index (χ1) is 16.8. The normalized spacial score (nSPS) is 30.0. The molecule has 1 saturated carbocycles. The Balaban J connectivity index is 1.65. The highest BCUT2D eigenvalue weighted by Crippen LogP contribution is 2.68. The molecule has 4 aliphatic rings. The fourth-order valence-corrected chi connectivity index (χ4v) is 7.58. The maximum atomic E-state index is 14.9. The third kappa shape index (κ3) is 2.70. The number of carbonyl (C=O) groups is 2. The summed E-state index contributed by atoms with van der Waals surface area (Å²) in [5.74, 6) is -0.392. The molecule has 6 heteroatoms. The molecule has 4 atom stereocenters. The van der Waals surface area contributed by atoms with E-state index in [4.69, 9.17) is 9.73 Å². The van der Waals surface area contributed by atoms with Gasteiger partial charge in [-0.05, 0) is 62.8 Å². The number of nitrogens with zero attached hydrogens (tertiary/aromatic N) is 2. The van der Waals surface area contributed by atoms with E-state index in [1.54, 1.807) is 0 Å². The van der Waals surface area contributed by atoms with Gasteiger partial charge in [-0.15, -0.1) is 0 Å². The lowest BCUT2D eigenvalue weighted by Crippen LogP contribution is -2.57. The van der Waals surface area contributed by atoms with Gasteiger partial charge in [0.25, 0.3) is 0 Å². The van der Waals surface area contributed by atoms with Crippen LogP contribution in [0.4, 0.5) is 16.2 Å². The van der Waals surface area contributed by atoms with Gasteiger partial charge in [-0.3, -0.25) is 9.79 Å². The smallest absolute Gasteiger partial charge is 0.421 e. The van der Waals surface area contributed by atoms with E-state index in [2.05, 4.69) is 51.2 Å². The number of ether oxygens (including phenoxy) is 1. The molecule has 0 unspecified atom stereocenters. The molecule has 2 aromatic rings. The van der Waals surface area contributed by atoms with E-state index in [9.17, 15) is 9.59 Å². The van der Waals surface area contributed by atoms with Crippen LogP contribution in [-0.2, 0) is 20.4 Å². The summed E-state index contributed by atoms with van der Waals surface area (Å²) in [5.41, 5.74) is 3.73. The number of carbonyl (C=O) groups excluding carboxylic acids is 2. The first-order valence-electron chi connectivity index (χ1n) is 12.9. The summed E-state index contributed by atoms with van der Waals surface area (Å²) in [5, 5.41) is 3.82. The van der Waals surface area contributed by atoms with Crippen LogP contribution in [0, 0.1) is 18.3 Å². The number of anilines is 2. The molecule has 188 valence electrons. The molecular weight excluding hydrogens is 450 g/mol. The summed E-state index contributed by atoms with van der Waals surface area (Å²) in [4.78, 5) is 34.9. The summed E-state index contributed by atoms with van der Waals surface area (Å²) in [6.45, 7) is 14.9. The van der Waals surface area contributed by atoms with Gasteiger partial charge in [0.2, 0.25) is 5.91 Å². The monoisotopic (exact) mass is 485 g/mol. The zero-order valence-corrected chi connectivity index (χ0v) is 22.2. The van der Waals surface area contributed by atoms with E-state index in [-0.39, 0.29) is 28.7 Å². The number of nitrogens with one attached hydrogen (secondary N) is 1. The summed E-state index contributed by atoms with van der Waals surface area (Å²) < 4.78 is 5.77. The molecule has 0 bridgehead atoms. The van der Waals surface area contributed by atoms with E-state index in [1.807, 2.05) is 45.0 Å². The average Bonchev–Trinajstić information content (AvgIpc) is 3.44. The number of fused-ring (bicyclic) bond motifs is 4. The van der Waals surface area contributed by atoms with Gasteiger partial charge < -0.3 is 10.1 Å². The van der Waals surface area contributed by atoms with E-state index in [0.29, 0.717) is 5.69 Å². The number of amides is 2. The van der Waals surface area contributed by atoms with Crippen molar-refractivity contribution in [3.63, 3.8) is 0 Å². The Morgan fingerprint density at radius 3 is 2.50 bits per heavy atom. The molecule has 0 aromatic heterocycles. The van der Waals surface area contributed by atoms with Gasteiger partial charge in [-0.25, -0.2) is 9.69 Å². The van der Waals surface area contributed by atoms with Crippen molar-refractivity contribution in [2.24, 2.45) is 16.3 Å². The molecule has 2 amide bonds. The zero-order valence-electron chi connectivity index (χ0n) is 22.2. The summed E-state index contributed by atoms with van der Waals surface area (Å²) in [6.07, 6.45) is 0.232. The minimum atomic E-state index is -0.988. The number of para-hydroxylation sites is 1. The number of hydrogen-bond acceptors (Lipinski definition) is 5. The van der Waals surface area contributed by atoms with Crippen LogP contribution in [0.25, 0.3) is 0 Å². The van der Waals surface area contributed by atoms with Crippen molar-refractivity contribution in [3.8, 4) is 0 Å². The van der Waals surface area contributed by atoms with Gasteiger partial charge in [-0.2, -0.15) is 0 Å². The predicted octanol–water partition coefficient (Wildman–Crippen LogP) is 5.77. The van der Waals surface area contributed by atoms with Gasteiger partial charge in [-0.1, -0.05) is 56.7 Å². The van der Waals surface area contributed by atoms with E-state index >= 15 is 0 Å². The molecule has 1 N–H and O–H groups in total. The molecule has 1 fully saturated rings. The number of aryl methyl sites for hydroxylation is 1. The zero-order chi connectivity index (χ0) is 25.8. The van der Waals surface area contributed by atoms with Gasteiger partial charge in [0.1, 0.15) is 11.0 Å². The molecule has 3 aliphatic heterocycles. The minimum Gasteiger partial charge on any atom is -0.443 e. The number of imide groups is 1. The van der Waals surface area contributed by atoms with Crippen LogP contribution in [0.15, 0.2) is 47.5 Å². The van der Waals surface area contributed by atoms with Crippen LogP contribution < -0.4 is 10.2 Å². The average molecular weight is 486 g/mol. The van der Waals surface area contributed by atoms with Crippen LogP contribution in [0.2, 0.25) is 0 Å². The summed E-state index contributed by atoms with van der Waals surface area (Å²) in [7, 11) is 0. The van der Waals surface area contributed by atoms with Crippen molar-refractivity contribution in [2.45, 2.75) is 77.4 Å². The first kappa shape index (κ1) is 23.3. The number of aliphatic imine (C=N–C) groups is 1. The number of rotatable bonds is 0. The van der Waals surface area contributed by atoms with Crippen molar-refractivity contribution in [2.75, 3.05) is 16.8 Å². The molecule has 2 spiro atoms. The van der Waals surface area contributed by atoms with Crippen molar-refractivity contribution < 1.29 is 14.3 Å². The molecule has 3 heterocycles. The minimum absolute atomic E-state index is 0.181.